The maximum atomic E-state index is 4.58. The molecule has 1 nitrogen and oxygen atoms in total. The van der Waals surface area contributed by atoms with Crippen LogP contribution < -0.4 is 18.9 Å². The van der Waals surface area contributed by atoms with E-state index in [1.54, 1.807) is 36.8 Å². The summed E-state index contributed by atoms with van der Waals surface area (Å²) < 4.78 is 4.58. The minimum absolute atomic E-state index is 0. The second-order valence-electron chi connectivity index (χ2n) is 4.97. The summed E-state index contributed by atoms with van der Waals surface area (Å²) >= 11 is 0. The van der Waals surface area contributed by atoms with E-state index < -0.39 is 0 Å². The zero-order valence-electron chi connectivity index (χ0n) is 19.2. The van der Waals surface area contributed by atoms with Crippen molar-refractivity contribution in [2.24, 2.45) is 0 Å². The first-order valence-corrected chi connectivity index (χ1v) is 8.99. The zero-order valence-corrected chi connectivity index (χ0v) is 18.2. The van der Waals surface area contributed by atoms with Crippen LogP contribution in [-0.4, -0.2) is 0 Å². The van der Waals surface area contributed by atoms with E-state index in [-0.39, 0.29) is 20.3 Å². The van der Waals surface area contributed by atoms with Crippen molar-refractivity contribution >= 4 is 12.2 Å². The van der Waals surface area contributed by atoms with Gasteiger partial charge in [-0.2, -0.15) is 0 Å². The van der Waals surface area contributed by atoms with Gasteiger partial charge in [0.05, 0.1) is 12.5 Å². The monoisotopic (exact) mass is 392 g/mol. The Bertz CT molecular complexity index is 679. The summed E-state index contributed by atoms with van der Waals surface area (Å²) in [5.41, 5.74) is 2.35. The molecule has 3 aromatic rings. The van der Waals surface area contributed by atoms with Crippen LogP contribution in [0.5, 0.6) is 0 Å². The molecule has 0 fully saturated rings. The van der Waals surface area contributed by atoms with E-state index in [0.717, 1.165) is 0 Å². The normalized spacial score (nSPS) is 7.20. The average Bonchev–Trinajstić information content (AvgIpc) is 3.41. The third kappa shape index (κ3) is 24.8. The molecule has 2 heteroatoms. The van der Waals surface area contributed by atoms with E-state index in [1.165, 1.54) is 11.1 Å². The van der Waals surface area contributed by atoms with Crippen LogP contribution in [0.4, 0.5) is 0 Å². The molecule has 0 bridgehead atoms. The molecule has 0 unspecified atom stereocenters. The first-order chi connectivity index (χ1) is 14.2. The molecule has 0 aliphatic carbocycles. The molecule has 0 atom stereocenters. The first-order valence-electron chi connectivity index (χ1n) is 8.99. The van der Waals surface area contributed by atoms with Crippen molar-refractivity contribution in [3.63, 3.8) is 0 Å². The molecule has 0 aliphatic rings. The van der Waals surface area contributed by atoms with Gasteiger partial charge in [-0.1, -0.05) is 137 Å². The molecule has 0 N–H and O–H groups in total. The van der Waals surface area contributed by atoms with Crippen LogP contribution in [0.1, 0.15) is 12.6 Å². The van der Waals surface area contributed by atoms with Crippen LogP contribution in [0.2, 0.25) is 0 Å². The molecule has 1 heterocycles. The summed E-state index contributed by atoms with van der Waals surface area (Å²) in [6.45, 7) is 20.7. The van der Waals surface area contributed by atoms with Crippen LogP contribution in [0.15, 0.2) is 154 Å². The molecule has 30 heavy (non-hydrogen) atoms. The largest absolute Gasteiger partial charge is 1.00 e. The predicted octanol–water partition coefficient (Wildman–Crippen LogP) is 5.77. The summed E-state index contributed by atoms with van der Waals surface area (Å²) in [5, 5.41) is 0. The number of rotatable bonds is 4. The molecule has 0 radical (unpaired) electrons. The summed E-state index contributed by atoms with van der Waals surface area (Å²) in [7, 11) is 0. The molecule has 3 rings (SSSR count). The molecule has 0 saturated carbocycles. The SMILES string of the molecule is C=CC=C.C=CC=C.C=Cc1ccccc1.C=Cc1ccccc1.[H-].[Li+].c1ccoc1. The van der Waals surface area contributed by atoms with Crippen molar-refractivity contribution in [1.82, 2.24) is 0 Å². The Morgan fingerprint density at radius 1 is 0.500 bits per heavy atom. The van der Waals surface area contributed by atoms with Crippen LogP contribution in [-0.2, 0) is 0 Å². The third-order valence-electron chi connectivity index (χ3n) is 2.83. The molecular weight excluding hydrogens is 359 g/mol. The van der Waals surface area contributed by atoms with Crippen molar-refractivity contribution in [2.45, 2.75) is 0 Å². The Morgan fingerprint density at radius 3 is 0.933 bits per heavy atom. The molecule has 0 amide bonds. The number of benzene rings is 2. The molecule has 152 valence electrons. The predicted molar refractivity (Wildman–Crippen MR) is 134 cm³/mol. The fourth-order valence-electron chi connectivity index (χ4n) is 1.41. The summed E-state index contributed by atoms with van der Waals surface area (Å²) in [4.78, 5) is 0. The first kappa shape index (κ1) is 31.5. The van der Waals surface area contributed by atoms with Gasteiger partial charge in [-0.3, -0.25) is 0 Å². The quantitative estimate of drug-likeness (QED) is 0.406. The fourth-order valence-corrected chi connectivity index (χ4v) is 1.41. The zero-order chi connectivity index (χ0) is 22.0. The maximum absolute atomic E-state index is 4.58. The van der Waals surface area contributed by atoms with Crippen molar-refractivity contribution in [3.05, 3.63) is 160 Å². The third-order valence-corrected chi connectivity index (χ3v) is 2.83. The number of allylic oxidation sites excluding steroid dienone is 4. The van der Waals surface area contributed by atoms with Crippen molar-refractivity contribution in [2.75, 3.05) is 0 Å². The Kier molecular flexibility index (Phi) is 29.3. The summed E-state index contributed by atoms with van der Waals surface area (Å²) in [6, 6.07) is 23.7. The van der Waals surface area contributed by atoms with Gasteiger partial charge in [0.2, 0.25) is 0 Å². The molecule has 0 spiro atoms. The second-order valence-corrected chi connectivity index (χ2v) is 4.97. The Hall–Kier alpha value is -3.24. The fraction of sp³-hybridized carbons (Fsp3) is 0. The van der Waals surface area contributed by atoms with Gasteiger partial charge in [0.1, 0.15) is 0 Å². The molecule has 1 aromatic heterocycles. The number of hydrogen-bond donors (Lipinski definition) is 0. The summed E-state index contributed by atoms with van der Waals surface area (Å²) in [5.74, 6) is 0. The molecule has 0 saturated heterocycles. The van der Waals surface area contributed by atoms with E-state index in [2.05, 4.69) is 43.9 Å². The Labute approximate surface area is 196 Å². The van der Waals surface area contributed by atoms with Crippen LogP contribution in [0.25, 0.3) is 12.2 Å². The van der Waals surface area contributed by atoms with Gasteiger partial charge in [-0.25, -0.2) is 0 Å². The van der Waals surface area contributed by atoms with Gasteiger partial charge in [0.15, 0.2) is 0 Å². The van der Waals surface area contributed by atoms with Crippen molar-refractivity contribution in [1.29, 1.82) is 0 Å². The minimum Gasteiger partial charge on any atom is -1.00 e. The average molecular weight is 393 g/mol. The van der Waals surface area contributed by atoms with Crippen LogP contribution in [0, 0.1) is 0 Å². The number of furan rings is 1. The Morgan fingerprint density at radius 2 is 0.800 bits per heavy atom. The van der Waals surface area contributed by atoms with E-state index in [0.29, 0.717) is 0 Å². The molecule has 0 aliphatic heterocycles. The smallest absolute Gasteiger partial charge is 1.00 e. The van der Waals surface area contributed by atoms with Crippen molar-refractivity contribution in [3.8, 4) is 0 Å². The standard InChI is InChI=1S/2C8H8.C4H4O.2C4H6.Li.H/c2*1-2-8-6-4-3-5-7-8;1-2-4-5-3-1;2*1-3-4-2;;/h2*2-7H,1H2;1-4H;2*3-4H,1-2H2;;/q;;;;;+1;-1. The minimum atomic E-state index is 0. The van der Waals surface area contributed by atoms with E-state index in [9.17, 15) is 0 Å². The molecular formula is C28H33LiO. The van der Waals surface area contributed by atoms with E-state index in [1.807, 2.05) is 84.9 Å². The Balaban J connectivity index is -0.000000150. The van der Waals surface area contributed by atoms with E-state index in [4.69, 9.17) is 0 Å². The van der Waals surface area contributed by atoms with Gasteiger partial charge in [-0.15, -0.1) is 0 Å². The van der Waals surface area contributed by atoms with Gasteiger partial charge < -0.3 is 5.84 Å². The molecule has 2 aromatic carbocycles. The van der Waals surface area contributed by atoms with Gasteiger partial charge in [-0.05, 0) is 23.3 Å². The summed E-state index contributed by atoms with van der Waals surface area (Å²) in [6.07, 6.45) is 13.5. The number of hydrogen-bond acceptors (Lipinski definition) is 1. The van der Waals surface area contributed by atoms with Gasteiger partial charge in [0.25, 0.3) is 0 Å². The van der Waals surface area contributed by atoms with Crippen molar-refractivity contribution < 1.29 is 24.7 Å². The van der Waals surface area contributed by atoms with Gasteiger partial charge in [0, 0.05) is 0 Å². The van der Waals surface area contributed by atoms with Crippen LogP contribution >= 0.6 is 0 Å². The van der Waals surface area contributed by atoms with Gasteiger partial charge >= 0.3 is 18.9 Å². The maximum Gasteiger partial charge on any atom is 1.00 e. The van der Waals surface area contributed by atoms with Crippen LogP contribution in [0.3, 0.4) is 0 Å². The topological polar surface area (TPSA) is 13.1 Å². The second kappa shape index (κ2) is 28.0. The van der Waals surface area contributed by atoms with E-state index >= 15 is 0 Å².